The minimum atomic E-state index is -0.823. The lowest BCUT2D eigenvalue weighted by Gasteiger charge is -2.27. The first-order valence-corrected chi connectivity index (χ1v) is 11.3. The van der Waals surface area contributed by atoms with E-state index in [0.717, 1.165) is 15.8 Å². The molecule has 3 heterocycles. The Balaban J connectivity index is 1.91. The summed E-state index contributed by atoms with van der Waals surface area (Å²) in [5.74, 6) is -3.12. The summed E-state index contributed by atoms with van der Waals surface area (Å²) >= 11 is 6.54. The van der Waals surface area contributed by atoms with Crippen LogP contribution < -0.4 is 10.9 Å². The first-order chi connectivity index (χ1) is 17.0. The van der Waals surface area contributed by atoms with E-state index in [1.54, 1.807) is 18.7 Å². The van der Waals surface area contributed by atoms with Gasteiger partial charge in [-0.05, 0) is 37.6 Å². The van der Waals surface area contributed by atoms with Gasteiger partial charge in [0, 0.05) is 42.2 Å². The van der Waals surface area contributed by atoms with Gasteiger partial charge in [0.1, 0.15) is 23.6 Å². The summed E-state index contributed by atoms with van der Waals surface area (Å²) in [6.07, 6.45) is 2.45. The molecule has 1 amide bonds. The molecule has 12 heteroatoms. The number of anilines is 1. The van der Waals surface area contributed by atoms with Crippen molar-refractivity contribution in [3.05, 3.63) is 85.9 Å². The fourth-order valence-electron chi connectivity index (χ4n) is 4.45. The monoisotopic (exact) mass is 514 g/mol. The van der Waals surface area contributed by atoms with Crippen molar-refractivity contribution in [2.24, 2.45) is 14.1 Å². The molecule has 36 heavy (non-hydrogen) atoms. The molecule has 0 fully saturated rings. The number of aromatic nitrogens is 5. The van der Waals surface area contributed by atoms with E-state index in [4.69, 9.17) is 16.1 Å². The lowest BCUT2D eigenvalue weighted by atomic mass is 9.79. The van der Waals surface area contributed by atoms with E-state index in [-0.39, 0.29) is 11.5 Å². The predicted molar refractivity (Wildman–Crippen MR) is 130 cm³/mol. The molecule has 188 valence electrons. The number of hydrogen-bond acceptors (Lipinski definition) is 7. The Bertz CT molecular complexity index is 1510. The van der Waals surface area contributed by atoms with Crippen LogP contribution in [0.1, 0.15) is 57.6 Å². The molecule has 3 aromatic heterocycles. The number of carbonyl (C=O) groups is 1. The molecule has 10 nitrogen and oxygen atoms in total. The molecule has 0 radical (unpaired) electrons. The van der Waals surface area contributed by atoms with Gasteiger partial charge in [-0.2, -0.15) is 5.10 Å². The lowest BCUT2D eigenvalue weighted by molar-refractivity contribution is 0.101. The first kappa shape index (κ1) is 25.1. The number of nitrogens with one attached hydrogen (secondary N) is 1. The summed E-state index contributed by atoms with van der Waals surface area (Å²) in [7, 11) is 3.23. The third kappa shape index (κ3) is 4.37. The molecule has 0 bridgehead atoms. The van der Waals surface area contributed by atoms with Crippen LogP contribution in [-0.2, 0) is 14.1 Å². The van der Waals surface area contributed by atoms with Crippen LogP contribution in [0, 0.1) is 19.7 Å². The third-order valence-electron chi connectivity index (χ3n) is 6.28. The van der Waals surface area contributed by atoms with Crippen LogP contribution >= 0.6 is 11.6 Å². The maximum atomic E-state index is 14.4. The fourth-order valence-corrected chi connectivity index (χ4v) is 4.68. The summed E-state index contributed by atoms with van der Waals surface area (Å²) in [6, 6.07) is 4.07. The average Bonchev–Trinajstić information content (AvgIpc) is 3.43. The van der Waals surface area contributed by atoms with E-state index in [0.29, 0.717) is 16.3 Å². The molecule has 0 spiro atoms. The van der Waals surface area contributed by atoms with E-state index in [1.807, 2.05) is 13.8 Å². The molecular formula is C24H24ClFN6O4. The molecular weight excluding hydrogens is 491 g/mol. The number of nitrogens with zero attached hydrogens (tertiary/aromatic N) is 5. The highest BCUT2D eigenvalue weighted by Gasteiger charge is 2.33. The molecule has 4 rings (SSSR count). The van der Waals surface area contributed by atoms with Crippen molar-refractivity contribution < 1.29 is 18.8 Å². The molecule has 4 aromatic rings. The van der Waals surface area contributed by atoms with E-state index in [1.165, 1.54) is 37.7 Å². The minimum Gasteiger partial charge on any atom is -0.501 e. The Hall–Kier alpha value is -3.99. The molecule has 0 aliphatic rings. The Kier molecular flexibility index (Phi) is 6.68. The fraction of sp³-hybridized carbons (Fsp3) is 0.292. The van der Waals surface area contributed by atoms with Crippen molar-refractivity contribution in [3.63, 3.8) is 0 Å². The zero-order valence-corrected chi connectivity index (χ0v) is 21.0. The number of hydrogen-bond donors (Lipinski definition) is 2. The van der Waals surface area contributed by atoms with Gasteiger partial charge in [0.25, 0.3) is 11.5 Å². The second-order valence-electron chi connectivity index (χ2n) is 8.54. The van der Waals surface area contributed by atoms with Crippen LogP contribution in [0.5, 0.6) is 5.75 Å². The molecule has 2 N–H and O–H groups in total. The van der Waals surface area contributed by atoms with E-state index in [2.05, 4.69) is 20.6 Å². The summed E-state index contributed by atoms with van der Waals surface area (Å²) in [5.41, 5.74) is 1.72. The van der Waals surface area contributed by atoms with Gasteiger partial charge in [0.2, 0.25) is 5.75 Å². The zero-order chi connectivity index (χ0) is 26.3. The highest BCUT2D eigenvalue weighted by Crippen LogP contribution is 2.43. The van der Waals surface area contributed by atoms with Crippen LogP contribution in [-0.4, -0.2) is 35.5 Å². The van der Waals surface area contributed by atoms with Crippen LogP contribution in [0.25, 0.3) is 0 Å². The average molecular weight is 515 g/mol. The van der Waals surface area contributed by atoms with Crippen LogP contribution in [0.4, 0.5) is 10.1 Å². The van der Waals surface area contributed by atoms with Gasteiger partial charge in [-0.1, -0.05) is 23.7 Å². The Morgan fingerprint density at radius 3 is 2.61 bits per heavy atom. The number of aromatic hydroxyl groups is 1. The normalized spacial score (nSPS) is 13.0. The van der Waals surface area contributed by atoms with Gasteiger partial charge < -0.3 is 14.9 Å². The summed E-state index contributed by atoms with van der Waals surface area (Å²) in [5, 5.41) is 21.2. The number of amides is 1. The highest BCUT2D eigenvalue weighted by atomic mass is 35.5. The summed E-state index contributed by atoms with van der Waals surface area (Å²) < 4.78 is 22.0. The zero-order valence-electron chi connectivity index (χ0n) is 20.2. The van der Waals surface area contributed by atoms with Crippen LogP contribution in [0.15, 0.2) is 40.0 Å². The van der Waals surface area contributed by atoms with Gasteiger partial charge >= 0.3 is 0 Å². The largest absolute Gasteiger partial charge is 0.501 e. The van der Waals surface area contributed by atoms with Crippen LogP contribution in [0.2, 0.25) is 5.02 Å². The molecule has 0 aliphatic carbocycles. The number of rotatable bonds is 6. The highest BCUT2D eigenvalue weighted by molar-refractivity contribution is 6.31. The van der Waals surface area contributed by atoms with Gasteiger partial charge in [-0.3, -0.25) is 18.8 Å². The Morgan fingerprint density at radius 2 is 2.00 bits per heavy atom. The second kappa shape index (κ2) is 9.57. The van der Waals surface area contributed by atoms with Crippen molar-refractivity contribution in [2.75, 3.05) is 5.32 Å². The van der Waals surface area contributed by atoms with Crippen molar-refractivity contribution in [2.45, 2.75) is 32.6 Å². The second-order valence-corrected chi connectivity index (χ2v) is 8.95. The molecule has 1 aromatic carbocycles. The van der Waals surface area contributed by atoms with E-state index < -0.39 is 40.6 Å². The van der Waals surface area contributed by atoms with E-state index in [9.17, 15) is 19.1 Å². The third-order valence-corrected chi connectivity index (χ3v) is 6.63. The molecule has 2 unspecified atom stereocenters. The lowest BCUT2D eigenvalue weighted by Crippen LogP contribution is -2.29. The smallest absolute Gasteiger partial charge is 0.296 e. The minimum absolute atomic E-state index is 0.182. The SMILES string of the molecule is Cc1nn(C)c(C)c1C(c1cc(F)ccc1Cl)C(C)c1nc(C(=O)Nc2cnoc2)c(O)c(=O)n1C. The van der Waals surface area contributed by atoms with Crippen molar-refractivity contribution in [1.29, 1.82) is 0 Å². The standard InChI is InChI=1S/C24H24ClFN6O4/c1-11(18(16-8-14(26)6-7-17(16)25)19-12(2)30-32(5)13(19)3)22-29-20(21(33)24(35)31(22)4)23(34)28-15-9-27-36-10-15/h6-11,18,33H,1-5H3,(H,28,34). The van der Waals surface area contributed by atoms with Crippen molar-refractivity contribution in [1.82, 2.24) is 24.5 Å². The number of benzene rings is 1. The summed E-state index contributed by atoms with van der Waals surface area (Å²) in [6.45, 7) is 5.50. The number of carbonyl (C=O) groups excluding carboxylic acids is 1. The van der Waals surface area contributed by atoms with Gasteiger partial charge in [-0.15, -0.1) is 0 Å². The quantitative estimate of drug-likeness (QED) is 0.400. The molecule has 0 aliphatic heterocycles. The predicted octanol–water partition coefficient (Wildman–Crippen LogP) is 3.80. The van der Waals surface area contributed by atoms with Gasteiger partial charge in [-0.25, -0.2) is 9.37 Å². The molecule has 0 saturated heterocycles. The Morgan fingerprint density at radius 1 is 1.28 bits per heavy atom. The first-order valence-electron chi connectivity index (χ1n) is 11.0. The Labute approximate surface area is 210 Å². The van der Waals surface area contributed by atoms with Crippen molar-refractivity contribution in [3.8, 4) is 5.75 Å². The van der Waals surface area contributed by atoms with E-state index >= 15 is 0 Å². The maximum Gasteiger partial charge on any atom is 0.296 e. The number of aryl methyl sites for hydroxylation is 2. The summed E-state index contributed by atoms with van der Waals surface area (Å²) in [4.78, 5) is 30.2. The van der Waals surface area contributed by atoms with Crippen LogP contribution in [0.3, 0.4) is 0 Å². The number of halogens is 2. The van der Waals surface area contributed by atoms with Gasteiger partial charge in [0.05, 0.1) is 11.9 Å². The van der Waals surface area contributed by atoms with Gasteiger partial charge in [0.15, 0.2) is 5.69 Å². The van der Waals surface area contributed by atoms with Crippen molar-refractivity contribution >= 4 is 23.2 Å². The molecule has 0 saturated carbocycles. The maximum absolute atomic E-state index is 14.4. The molecule has 2 atom stereocenters. The topological polar surface area (TPSA) is 128 Å².